The SMILES string of the molecule is CNc1nc(Nc2ccc(OC)c(F)c2)ncc1C#CC1CC(CC(=O)[C@H](C)N(C)C(=O)OC(C)(C)C)C1. The van der Waals surface area contributed by atoms with Crippen LogP contribution in [0.25, 0.3) is 0 Å². The molecule has 204 valence electrons. The molecule has 0 bridgehead atoms. The van der Waals surface area contributed by atoms with Crippen molar-refractivity contribution in [2.75, 3.05) is 31.8 Å². The number of carbonyl (C=O) groups excluding carboxylic acids is 2. The molecule has 0 saturated heterocycles. The van der Waals surface area contributed by atoms with Gasteiger partial charge in [-0.3, -0.25) is 4.79 Å². The minimum atomic E-state index is -0.612. The van der Waals surface area contributed by atoms with E-state index >= 15 is 0 Å². The van der Waals surface area contributed by atoms with Crippen LogP contribution in [0.2, 0.25) is 0 Å². The minimum absolute atomic E-state index is 0.0143. The molecule has 1 amide bonds. The summed E-state index contributed by atoms with van der Waals surface area (Å²) < 4.78 is 24.2. The Bertz CT molecular complexity index is 1230. The van der Waals surface area contributed by atoms with Crippen LogP contribution in [-0.4, -0.2) is 59.6 Å². The predicted octanol–water partition coefficient (Wildman–Crippen LogP) is 5.00. The van der Waals surface area contributed by atoms with Crippen LogP contribution in [0.5, 0.6) is 5.75 Å². The van der Waals surface area contributed by atoms with Crippen LogP contribution < -0.4 is 15.4 Å². The van der Waals surface area contributed by atoms with Gasteiger partial charge in [-0.05, 0) is 58.6 Å². The summed E-state index contributed by atoms with van der Waals surface area (Å²) in [6.07, 6.45) is 3.15. The number of rotatable bonds is 8. The van der Waals surface area contributed by atoms with Gasteiger partial charge in [-0.25, -0.2) is 14.2 Å². The molecular formula is C28H36FN5O4. The van der Waals surface area contributed by atoms with Crippen LogP contribution in [0.1, 0.15) is 52.5 Å². The summed E-state index contributed by atoms with van der Waals surface area (Å²) in [5, 5.41) is 5.99. The standard InChI is InChI=1S/C28H36FN5O4/c1-17(34(6)27(36)38-28(2,3)4)23(35)14-19-12-18(13-19)8-9-20-16-31-26(33-25(20)30-5)32-21-10-11-24(37-7)22(29)15-21/h10-11,15-19H,12-14H2,1-7H3,(H2,30,31,32,33)/t17-,18?,19?/m0/s1. The Balaban J connectivity index is 1.53. The van der Waals surface area contributed by atoms with E-state index in [1.54, 1.807) is 54.1 Å². The zero-order chi connectivity index (χ0) is 28.0. The number of anilines is 3. The molecule has 9 nitrogen and oxygen atoms in total. The van der Waals surface area contributed by atoms with Gasteiger partial charge in [-0.15, -0.1) is 0 Å². The van der Waals surface area contributed by atoms with E-state index in [1.807, 2.05) is 0 Å². The zero-order valence-electron chi connectivity index (χ0n) is 23.0. The number of carbonyl (C=O) groups is 2. The Kier molecular flexibility index (Phi) is 9.15. The summed E-state index contributed by atoms with van der Waals surface area (Å²) in [5.41, 5.74) is 0.524. The fraction of sp³-hybridized carbons (Fsp3) is 0.500. The van der Waals surface area contributed by atoms with Crippen molar-refractivity contribution in [2.45, 2.75) is 58.6 Å². The Labute approximate surface area is 223 Å². The van der Waals surface area contributed by atoms with Gasteiger partial charge in [0.25, 0.3) is 0 Å². The van der Waals surface area contributed by atoms with Gasteiger partial charge in [0.1, 0.15) is 11.4 Å². The largest absolute Gasteiger partial charge is 0.494 e. The highest BCUT2D eigenvalue weighted by atomic mass is 19.1. The van der Waals surface area contributed by atoms with Crippen molar-refractivity contribution in [3.63, 3.8) is 0 Å². The maximum atomic E-state index is 14.0. The molecule has 0 radical (unpaired) electrons. The molecule has 1 saturated carbocycles. The summed E-state index contributed by atoms with van der Waals surface area (Å²) in [6, 6.07) is 3.96. The molecule has 38 heavy (non-hydrogen) atoms. The fourth-order valence-corrected chi connectivity index (χ4v) is 3.96. The van der Waals surface area contributed by atoms with E-state index in [1.165, 1.54) is 24.1 Å². The molecule has 1 fully saturated rings. The molecular weight excluding hydrogens is 489 g/mol. The predicted molar refractivity (Wildman–Crippen MR) is 144 cm³/mol. The molecule has 1 atom stereocenters. The van der Waals surface area contributed by atoms with Crippen molar-refractivity contribution in [3.05, 3.63) is 35.8 Å². The smallest absolute Gasteiger partial charge is 0.410 e. The van der Waals surface area contributed by atoms with Crippen LogP contribution in [-0.2, 0) is 9.53 Å². The number of ketones is 1. The van der Waals surface area contributed by atoms with E-state index < -0.39 is 23.6 Å². The molecule has 1 aliphatic carbocycles. The number of ether oxygens (including phenoxy) is 2. The maximum absolute atomic E-state index is 14.0. The highest BCUT2D eigenvalue weighted by Crippen LogP contribution is 2.36. The number of nitrogens with one attached hydrogen (secondary N) is 2. The Morgan fingerprint density at radius 2 is 2.00 bits per heavy atom. The third-order valence-electron chi connectivity index (χ3n) is 6.30. The van der Waals surface area contributed by atoms with Crippen molar-refractivity contribution in [1.82, 2.24) is 14.9 Å². The third kappa shape index (κ3) is 7.57. The molecule has 1 heterocycles. The summed E-state index contributed by atoms with van der Waals surface area (Å²) in [6.45, 7) is 7.11. The second-order valence-electron chi connectivity index (χ2n) is 10.4. The van der Waals surface area contributed by atoms with Crippen LogP contribution in [0.3, 0.4) is 0 Å². The van der Waals surface area contributed by atoms with Crippen LogP contribution in [0, 0.1) is 29.5 Å². The first-order valence-corrected chi connectivity index (χ1v) is 12.6. The Hall–Kier alpha value is -3.87. The topological polar surface area (TPSA) is 106 Å². The molecule has 1 aromatic heterocycles. The lowest BCUT2D eigenvalue weighted by Crippen LogP contribution is -2.44. The lowest BCUT2D eigenvalue weighted by Gasteiger charge is -2.33. The van der Waals surface area contributed by atoms with Crippen LogP contribution >= 0.6 is 0 Å². The number of methoxy groups -OCH3 is 1. The van der Waals surface area contributed by atoms with Crippen LogP contribution in [0.15, 0.2) is 24.4 Å². The first-order valence-electron chi connectivity index (χ1n) is 12.6. The summed E-state index contributed by atoms with van der Waals surface area (Å²) in [5.74, 6) is 7.34. The number of Topliss-reactive ketones (excluding diaryl/α,β-unsaturated/α-hetero) is 1. The highest BCUT2D eigenvalue weighted by molar-refractivity contribution is 5.87. The number of hydrogen-bond donors (Lipinski definition) is 2. The van der Waals surface area contributed by atoms with Gasteiger partial charge in [-0.2, -0.15) is 4.98 Å². The molecule has 10 heteroatoms. The zero-order valence-corrected chi connectivity index (χ0v) is 23.0. The number of halogens is 1. The number of benzene rings is 1. The number of amides is 1. The first-order chi connectivity index (χ1) is 17.9. The van der Waals surface area contributed by atoms with Gasteiger partial charge in [0.2, 0.25) is 5.95 Å². The highest BCUT2D eigenvalue weighted by Gasteiger charge is 2.33. The van der Waals surface area contributed by atoms with Gasteiger partial charge in [0.15, 0.2) is 17.3 Å². The number of aromatic nitrogens is 2. The average molecular weight is 526 g/mol. The van der Waals surface area contributed by atoms with Gasteiger partial charge in [0, 0.05) is 38.2 Å². The summed E-state index contributed by atoms with van der Waals surface area (Å²) in [4.78, 5) is 35.0. The monoisotopic (exact) mass is 525 g/mol. The molecule has 1 aromatic carbocycles. The van der Waals surface area contributed by atoms with Gasteiger partial charge < -0.3 is 25.0 Å². The van der Waals surface area contributed by atoms with Gasteiger partial charge >= 0.3 is 6.09 Å². The van der Waals surface area contributed by atoms with E-state index in [0.717, 1.165) is 12.8 Å². The van der Waals surface area contributed by atoms with Crippen molar-refractivity contribution in [2.24, 2.45) is 11.8 Å². The molecule has 1 aliphatic rings. The summed E-state index contributed by atoms with van der Waals surface area (Å²) in [7, 11) is 4.74. The molecule has 0 aliphatic heterocycles. The van der Waals surface area contributed by atoms with E-state index in [2.05, 4.69) is 32.4 Å². The molecule has 2 N–H and O–H groups in total. The van der Waals surface area contributed by atoms with E-state index in [4.69, 9.17) is 9.47 Å². The molecule has 0 unspecified atom stereocenters. The van der Waals surface area contributed by atoms with Crippen molar-refractivity contribution >= 4 is 29.3 Å². The molecule has 0 spiro atoms. The van der Waals surface area contributed by atoms with Gasteiger partial charge in [-0.1, -0.05) is 11.8 Å². The van der Waals surface area contributed by atoms with Crippen molar-refractivity contribution in [3.8, 4) is 17.6 Å². The Morgan fingerprint density at radius 1 is 1.29 bits per heavy atom. The molecule has 3 rings (SSSR count). The van der Waals surface area contributed by atoms with E-state index in [-0.39, 0.29) is 23.4 Å². The normalized spacial score (nSPS) is 17.3. The first kappa shape index (κ1) is 28.7. The second-order valence-corrected chi connectivity index (χ2v) is 10.4. The third-order valence-corrected chi connectivity index (χ3v) is 6.30. The van der Waals surface area contributed by atoms with Crippen LogP contribution in [0.4, 0.5) is 26.6 Å². The number of likely N-dealkylation sites (N-methyl/N-ethyl adjacent to an activating group) is 1. The van der Waals surface area contributed by atoms with E-state index in [0.29, 0.717) is 29.4 Å². The lowest BCUT2D eigenvalue weighted by atomic mass is 9.72. The second kappa shape index (κ2) is 12.1. The number of hydrogen-bond acceptors (Lipinski definition) is 8. The van der Waals surface area contributed by atoms with Gasteiger partial charge in [0.05, 0.1) is 24.9 Å². The average Bonchev–Trinajstić information content (AvgIpc) is 2.83. The number of nitrogens with zero attached hydrogens (tertiary/aromatic N) is 3. The maximum Gasteiger partial charge on any atom is 0.410 e. The van der Waals surface area contributed by atoms with E-state index in [9.17, 15) is 14.0 Å². The van der Waals surface area contributed by atoms with Crippen molar-refractivity contribution < 1.29 is 23.5 Å². The lowest BCUT2D eigenvalue weighted by molar-refractivity contribution is -0.125. The fourth-order valence-electron chi connectivity index (χ4n) is 3.96. The minimum Gasteiger partial charge on any atom is -0.494 e. The Morgan fingerprint density at radius 3 is 2.61 bits per heavy atom. The molecule has 2 aromatic rings. The summed E-state index contributed by atoms with van der Waals surface area (Å²) >= 11 is 0. The quantitative estimate of drug-likeness (QED) is 0.464. The van der Waals surface area contributed by atoms with Crippen molar-refractivity contribution in [1.29, 1.82) is 0 Å².